The van der Waals surface area contributed by atoms with Crippen LogP contribution in [0, 0.1) is 17.3 Å². The number of unbranched alkanes of at least 4 members (excludes halogenated alkanes) is 12. The van der Waals surface area contributed by atoms with Gasteiger partial charge in [0.15, 0.2) is 0 Å². The first-order valence-corrected chi connectivity index (χ1v) is 14.1. The number of aliphatic hydroxyl groups excluding tert-OH is 4. The zero-order chi connectivity index (χ0) is 27.4. The monoisotopic (exact) mass is 518 g/mol. The lowest BCUT2D eigenvalue weighted by atomic mass is 9.66. The Morgan fingerprint density at radius 3 is 1.22 bits per heavy atom. The van der Waals surface area contributed by atoms with Gasteiger partial charge >= 0.3 is 11.9 Å². The van der Waals surface area contributed by atoms with E-state index in [0.29, 0.717) is 6.42 Å². The van der Waals surface area contributed by atoms with Crippen molar-refractivity contribution < 1.29 is 40.2 Å². The molecule has 0 heterocycles. The topological polar surface area (TPSA) is 156 Å². The molecule has 0 amide bonds. The van der Waals surface area contributed by atoms with E-state index in [4.69, 9.17) is 0 Å². The molecule has 8 nitrogen and oxygen atoms in total. The molecule has 0 bridgehead atoms. The third-order valence-electron chi connectivity index (χ3n) is 7.29. The molecule has 0 saturated carbocycles. The van der Waals surface area contributed by atoms with Gasteiger partial charge in [0.2, 0.25) is 0 Å². The largest absolute Gasteiger partial charge is 0.481 e. The van der Waals surface area contributed by atoms with E-state index < -0.39 is 61.5 Å². The highest BCUT2D eigenvalue weighted by molar-refractivity contribution is 5.83. The molecule has 6 N–H and O–H groups in total. The maximum Gasteiger partial charge on any atom is 0.310 e. The second-order valence-electron chi connectivity index (χ2n) is 11.0. The molecule has 0 saturated heterocycles. The summed E-state index contributed by atoms with van der Waals surface area (Å²) < 4.78 is 0. The fourth-order valence-electron chi connectivity index (χ4n) is 5.14. The van der Waals surface area contributed by atoms with E-state index >= 15 is 0 Å². The summed E-state index contributed by atoms with van der Waals surface area (Å²) >= 11 is 0. The van der Waals surface area contributed by atoms with Crippen LogP contribution in [0.25, 0.3) is 0 Å². The van der Waals surface area contributed by atoms with Crippen LogP contribution in [0.2, 0.25) is 0 Å². The zero-order valence-electron chi connectivity index (χ0n) is 22.7. The van der Waals surface area contributed by atoms with Gasteiger partial charge in [-0.25, -0.2) is 0 Å². The summed E-state index contributed by atoms with van der Waals surface area (Å²) in [6.07, 6.45) is 12.4. The Kier molecular flexibility index (Phi) is 20.1. The Labute approximate surface area is 218 Å². The standard InChI is InChI=1S/C28H54O8/c1-22(2)16-14-12-10-8-6-4-3-5-7-9-11-13-15-17-25(26(33)34)28(27(35)36,18-23(31)20-29)19-24(32)21-30/h22-25,29-32H,3-21H2,1-2H3,(H,33,34)(H,35,36). The lowest BCUT2D eigenvalue weighted by Crippen LogP contribution is -2.48. The molecule has 0 spiro atoms. The van der Waals surface area contributed by atoms with E-state index in [1.54, 1.807) is 0 Å². The Morgan fingerprint density at radius 1 is 0.611 bits per heavy atom. The molecule has 214 valence electrons. The smallest absolute Gasteiger partial charge is 0.310 e. The summed E-state index contributed by atoms with van der Waals surface area (Å²) in [5, 5.41) is 58.0. The molecular formula is C28H54O8. The van der Waals surface area contributed by atoms with Crippen molar-refractivity contribution in [1.82, 2.24) is 0 Å². The molecule has 0 aliphatic rings. The second kappa shape index (κ2) is 20.8. The number of aliphatic carboxylic acids is 2. The van der Waals surface area contributed by atoms with Crippen LogP contribution in [0.4, 0.5) is 0 Å². The molecule has 0 aromatic heterocycles. The van der Waals surface area contributed by atoms with Crippen LogP contribution in [0.15, 0.2) is 0 Å². The van der Waals surface area contributed by atoms with Crippen molar-refractivity contribution in [3.8, 4) is 0 Å². The van der Waals surface area contributed by atoms with Crippen LogP contribution < -0.4 is 0 Å². The molecule has 0 radical (unpaired) electrons. The van der Waals surface area contributed by atoms with Crippen molar-refractivity contribution in [1.29, 1.82) is 0 Å². The summed E-state index contributed by atoms with van der Waals surface area (Å²) in [6, 6.07) is 0. The first kappa shape index (κ1) is 34.8. The van der Waals surface area contributed by atoms with Gasteiger partial charge in [0, 0.05) is 0 Å². The van der Waals surface area contributed by atoms with Crippen LogP contribution in [0.5, 0.6) is 0 Å². The minimum absolute atomic E-state index is 0.0924. The van der Waals surface area contributed by atoms with E-state index in [2.05, 4.69) is 13.8 Å². The van der Waals surface area contributed by atoms with E-state index in [1.165, 1.54) is 57.8 Å². The van der Waals surface area contributed by atoms with Crippen molar-refractivity contribution in [3.63, 3.8) is 0 Å². The molecule has 0 aliphatic heterocycles. The van der Waals surface area contributed by atoms with Gasteiger partial charge in [-0.05, 0) is 25.2 Å². The fourth-order valence-corrected chi connectivity index (χ4v) is 5.14. The van der Waals surface area contributed by atoms with E-state index in [0.717, 1.165) is 31.6 Å². The minimum atomic E-state index is -1.98. The molecule has 36 heavy (non-hydrogen) atoms. The van der Waals surface area contributed by atoms with Crippen LogP contribution in [-0.2, 0) is 9.59 Å². The number of aliphatic hydroxyl groups is 4. The highest BCUT2D eigenvalue weighted by Gasteiger charge is 2.51. The predicted octanol–water partition coefficient (Wildman–Crippen LogP) is 4.75. The van der Waals surface area contributed by atoms with E-state index in [-0.39, 0.29) is 6.42 Å². The Bertz CT molecular complexity index is 554. The maximum absolute atomic E-state index is 12.2. The SMILES string of the molecule is CC(C)CCCCCCCCCCCCCCCC(C(=O)O)C(CC(O)CO)(CC(O)CO)C(=O)O. The molecular weight excluding hydrogens is 464 g/mol. The average molecular weight is 519 g/mol. The van der Waals surface area contributed by atoms with Gasteiger partial charge < -0.3 is 30.6 Å². The number of carbonyl (C=O) groups is 2. The van der Waals surface area contributed by atoms with Crippen LogP contribution in [0.3, 0.4) is 0 Å². The third-order valence-corrected chi connectivity index (χ3v) is 7.29. The molecule has 0 aromatic carbocycles. The van der Waals surface area contributed by atoms with E-state index in [1.807, 2.05) is 0 Å². The summed E-state index contributed by atoms with van der Waals surface area (Å²) in [6.45, 7) is 3.12. The van der Waals surface area contributed by atoms with Crippen LogP contribution in [0.1, 0.15) is 123 Å². The Morgan fingerprint density at radius 2 is 0.944 bits per heavy atom. The van der Waals surface area contributed by atoms with Gasteiger partial charge in [-0.1, -0.05) is 104 Å². The van der Waals surface area contributed by atoms with Crippen molar-refractivity contribution >= 4 is 11.9 Å². The Hall–Kier alpha value is -1.22. The first-order chi connectivity index (χ1) is 17.1. The Balaban J connectivity index is 4.36. The zero-order valence-corrected chi connectivity index (χ0v) is 22.7. The number of hydrogen-bond donors (Lipinski definition) is 6. The predicted molar refractivity (Wildman–Crippen MR) is 141 cm³/mol. The van der Waals surface area contributed by atoms with Gasteiger partial charge in [-0.3, -0.25) is 9.59 Å². The molecule has 8 heteroatoms. The first-order valence-electron chi connectivity index (χ1n) is 14.1. The molecule has 3 unspecified atom stereocenters. The fraction of sp³-hybridized carbons (Fsp3) is 0.929. The normalized spacial score (nSPS) is 16.0. The number of rotatable bonds is 25. The highest BCUT2D eigenvalue weighted by atomic mass is 16.4. The van der Waals surface area contributed by atoms with Gasteiger partial charge in [-0.2, -0.15) is 0 Å². The van der Waals surface area contributed by atoms with E-state index in [9.17, 15) is 40.2 Å². The van der Waals surface area contributed by atoms with Gasteiger partial charge in [0.05, 0.1) is 36.8 Å². The van der Waals surface area contributed by atoms with Gasteiger partial charge in [0.1, 0.15) is 0 Å². The minimum Gasteiger partial charge on any atom is -0.481 e. The summed E-state index contributed by atoms with van der Waals surface area (Å²) in [7, 11) is 0. The van der Waals surface area contributed by atoms with Crippen molar-refractivity contribution in [3.05, 3.63) is 0 Å². The molecule has 0 aliphatic carbocycles. The van der Waals surface area contributed by atoms with Crippen LogP contribution >= 0.6 is 0 Å². The number of carboxylic acids is 2. The summed E-state index contributed by atoms with van der Waals surface area (Å²) in [4.78, 5) is 24.2. The van der Waals surface area contributed by atoms with Crippen LogP contribution in [-0.4, -0.2) is 68.0 Å². The lowest BCUT2D eigenvalue weighted by Gasteiger charge is -2.37. The summed E-state index contributed by atoms with van der Waals surface area (Å²) in [5.41, 5.74) is -1.98. The molecule has 0 aromatic rings. The van der Waals surface area contributed by atoms with Gasteiger partial charge in [0.25, 0.3) is 0 Å². The van der Waals surface area contributed by atoms with Crippen molar-refractivity contribution in [2.45, 2.75) is 135 Å². The van der Waals surface area contributed by atoms with Gasteiger partial charge in [-0.15, -0.1) is 0 Å². The highest BCUT2D eigenvalue weighted by Crippen LogP contribution is 2.41. The molecule has 0 fully saturated rings. The average Bonchev–Trinajstić information content (AvgIpc) is 2.82. The maximum atomic E-state index is 12.2. The third kappa shape index (κ3) is 15.1. The quantitative estimate of drug-likeness (QED) is 0.0946. The number of carboxylic acid groups (broad SMARTS) is 2. The lowest BCUT2D eigenvalue weighted by molar-refractivity contribution is -0.170. The van der Waals surface area contributed by atoms with Crippen molar-refractivity contribution in [2.75, 3.05) is 13.2 Å². The molecule has 3 atom stereocenters. The number of hydrogen-bond acceptors (Lipinski definition) is 6. The second-order valence-corrected chi connectivity index (χ2v) is 11.0. The van der Waals surface area contributed by atoms with Crippen molar-refractivity contribution in [2.24, 2.45) is 17.3 Å². The summed E-state index contributed by atoms with van der Waals surface area (Å²) in [5.74, 6) is -3.31. The molecule has 0 rings (SSSR count).